The van der Waals surface area contributed by atoms with Crippen LogP contribution in [0.1, 0.15) is 37.0 Å². The second-order valence-electron chi connectivity index (χ2n) is 9.29. The van der Waals surface area contributed by atoms with Crippen molar-refractivity contribution >= 4 is 11.6 Å². The van der Waals surface area contributed by atoms with Crippen LogP contribution < -0.4 is 0 Å². The van der Waals surface area contributed by atoms with Gasteiger partial charge in [-0.15, -0.1) is 10.2 Å². The first-order valence-electron chi connectivity index (χ1n) is 11.9. The van der Waals surface area contributed by atoms with Crippen molar-refractivity contribution in [3.8, 4) is 11.3 Å². The van der Waals surface area contributed by atoms with Crippen molar-refractivity contribution in [1.29, 1.82) is 0 Å². The fourth-order valence-electron chi connectivity index (χ4n) is 5.17. The number of aromatic nitrogens is 6. The van der Waals surface area contributed by atoms with E-state index in [0.29, 0.717) is 18.5 Å². The summed E-state index contributed by atoms with van der Waals surface area (Å²) in [5.74, 6) is -2.39. The van der Waals surface area contributed by atoms with Crippen LogP contribution in [-0.4, -0.2) is 84.5 Å². The highest BCUT2D eigenvalue weighted by Crippen LogP contribution is 2.35. The van der Waals surface area contributed by atoms with Gasteiger partial charge in [0, 0.05) is 25.3 Å². The van der Waals surface area contributed by atoms with Crippen molar-refractivity contribution in [3.63, 3.8) is 0 Å². The highest BCUT2D eigenvalue weighted by atomic mass is 35.5. The lowest BCUT2D eigenvalue weighted by atomic mass is 9.90. The van der Waals surface area contributed by atoms with Crippen LogP contribution in [0.25, 0.3) is 11.3 Å². The molecule has 7 atom stereocenters. The fourth-order valence-corrected chi connectivity index (χ4v) is 5.31. The molecule has 0 spiro atoms. The molecule has 5 rings (SSSR count). The van der Waals surface area contributed by atoms with E-state index in [9.17, 15) is 23.4 Å². The van der Waals surface area contributed by atoms with E-state index >= 15 is 0 Å². The Kier molecular flexibility index (Phi) is 7.50. The molecular weight excluding hydrogens is 517 g/mol. The largest absolute Gasteiger partial charge is 0.394 e. The molecule has 3 heterocycles. The van der Waals surface area contributed by atoms with Crippen LogP contribution in [0.15, 0.2) is 24.5 Å². The van der Waals surface area contributed by atoms with E-state index in [4.69, 9.17) is 21.1 Å². The number of methoxy groups -OCH3 is 1. The summed E-state index contributed by atoms with van der Waals surface area (Å²) >= 11 is 5.64. The van der Waals surface area contributed by atoms with E-state index in [1.165, 1.54) is 34.8 Å². The summed E-state index contributed by atoms with van der Waals surface area (Å²) in [5.41, 5.74) is 0.378. The summed E-state index contributed by atoms with van der Waals surface area (Å²) in [6.45, 7) is -0.499. The summed E-state index contributed by atoms with van der Waals surface area (Å²) in [7, 11) is 1.43. The van der Waals surface area contributed by atoms with E-state index in [2.05, 4.69) is 20.6 Å². The first-order valence-corrected chi connectivity index (χ1v) is 12.3. The Morgan fingerprint density at radius 3 is 2.59 bits per heavy atom. The van der Waals surface area contributed by atoms with Gasteiger partial charge in [0.2, 0.25) is 0 Å². The smallest absolute Gasteiger partial charge is 0.178 e. The average Bonchev–Trinajstić information content (AvgIpc) is 3.64. The Labute approximate surface area is 214 Å². The number of halogens is 4. The molecule has 2 aromatic heterocycles. The summed E-state index contributed by atoms with van der Waals surface area (Å²) in [4.78, 5) is 0. The van der Waals surface area contributed by atoms with E-state index in [0.717, 1.165) is 6.42 Å². The molecule has 2 fully saturated rings. The summed E-state index contributed by atoms with van der Waals surface area (Å²) < 4.78 is 57.1. The molecule has 1 saturated carbocycles. The number of hydrogen-bond acceptors (Lipinski definition) is 8. The molecule has 1 aliphatic heterocycles. The third-order valence-electron chi connectivity index (χ3n) is 7.07. The van der Waals surface area contributed by atoms with E-state index in [-0.39, 0.29) is 28.7 Å². The van der Waals surface area contributed by atoms with Crippen LogP contribution in [0.4, 0.5) is 13.2 Å². The SMILES string of the molecule is CO[C@@H]1[C@@H](n2cc(-c3ccc(Cl)c(F)c3F)nn2)[C@@H](O)[C@@H](CO)O[C@@H]1Cc1cn([C@H]2CCC[C@@H]2F)nn1. The molecule has 0 amide bonds. The molecule has 1 aliphatic carbocycles. The number of benzene rings is 1. The lowest BCUT2D eigenvalue weighted by molar-refractivity contribution is -0.212. The maximum atomic E-state index is 14.5. The van der Waals surface area contributed by atoms with Gasteiger partial charge in [0.1, 0.15) is 36.2 Å². The predicted octanol–water partition coefficient (Wildman–Crippen LogP) is 2.45. The summed E-state index contributed by atoms with van der Waals surface area (Å²) in [6.07, 6.45) is 0.396. The van der Waals surface area contributed by atoms with Gasteiger partial charge in [0.05, 0.1) is 35.7 Å². The van der Waals surface area contributed by atoms with Crippen molar-refractivity contribution in [2.24, 2.45) is 0 Å². The minimum atomic E-state index is -1.27. The van der Waals surface area contributed by atoms with E-state index in [1.807, 2.05) is 0 Å². The molecule has 3 aromatic rings. The van der Waals surface area contributed by atoms with Crippen LogP contribution >= 0.6 is 11.6 Å². The molecule has 14 heteroatoms. The molecular formula is C23H26ClF3N6O4. The molecule has 200 valence electrons. The van der Waals surface area contributed by atoms with Gasteiger partial charge in [-0.3, -0.25) is 0 Å². The van der Waals surface area contributed by atoms with Crippen molar-refractivity contribution in [2.45, 2.75) is 68.4 Å². The zero-order valence-corrected chi connectivity index (χ0v) is 20.5. The Bertz CT molecular complexity index is 1250. The summed E-state index contributed by atoms with van der Waals surface area (Å²) in [6, 6.07) is 1.22. The van der Waals surface area contributed by atoms with Gasteiger partial charge in [-0.1, -0.05) is 22.0 Å². The number of aliphatic hydroxyl groups excluding tert-OH is 2. The standard InChI is InChI=1S/C23H26ClF3N6O4/c1-36-23-17(7-11-8-32(30-28-11)16-4-2-3-14(16)25)37-18(10-34)22(35)21(23)33-9-15(29-31-33)12-5-6-13(24)20(27)19(12)26/h5-6,8-9,14,16-18,21-23,34-35H,2-4,7,10H2,1H3/t14-,16-,17+,18+,21-,22-,23-/m0/s1. The highest BCUT2D eigenvalue weighted by molar-refractivity contribution is 6.30. The van der Waals surface area contributed by atoms with Crippen molar-refractivity contribution in [3.05, 3.63) is 46.9 Å². The molecule has 1 aromatic carbocycles. The topological polar surface area (TPSA) is 120 Å². The van der Waals surface area contributed by atoms with E-state index < -0.39 is 54.9 Å². The van der Waals surface area contributed by atoms with Gasteiger partial charge in [0.15, 0.2) is 11.6 Å². The highest BCUT2D eigenvalue weighted by Gasteiger charge is 2.47. The fraction of sp³-hybridized carbons (Fsp3) is 0.565. The van der Waals surface area contributed by atoms with E-state index in [1.54, 1.807) is 6.20 Å². The second kappa shape index (κ2) is 10.7. The van der Waals surface area contributed by atoms with Gasteiger partial charge in [-0.25, -0.2) is 22.5 Å². The predicted molar refractivity (Wildman–Crippen MR) is 123 cm³/mol. The molecule has 0 unspecified atom stereocenters. The third kappa shape index (κ3) is 4.86. The van der Waals surface area contributed by atoms with Gasteiger partial charge < -0.3 is 19.7 Å². The maximum Gasteiger partial charge on any atom is 0.178 e. The minimum absolute atomic E-state index is 0.0130. The van der Waals surface area contributed by atoms with Gasteiger partial charge in [-0.2, -0.15) is 0 Å². The average molecular weight is 543 g/mol. The Morgan fingerprint density at radius 1 is 1.11 bits per heavy atom. The van der Waals surface area contributed by atoms with Crippen molar-refractivity contribution < 1.29 is 32.9 Å². The normalized spacial score (nSPS) is 30.2. The number of alkyl halides is 1. The maximum absolute atomic E-state index is 14.5. The minimum Gasteiger partial charge on any atom is -0.394 e. The number of hydrogen-bond donors (Lipinski definition) is 2. The number of nitrogens with zero attached hydrogens (tertiary/aromatic N) is 6. The van der Waals surface area contributed by atoms with Crippen molar-refractivity contribution in [2.75, 3.05) is 13.7 Å². The number of ether oxygens (including phenoxy) is 2. The zero-order valence-electron chi connectivity index (χ0n) is 19.8. The number of aliphatic hydroxyl groups is 2. The molecule has 0 bridgehead atoms. The third-order valence-corrected chi connectivity index (χ3v) is 7.36. The quantitative estimate of drug-likeness (QED) is 0.437. The monoisotopic (exact) mass is 542 g/mol. The molecule has 1 saturated heterocycles. The van der Waals surface area contributed by atoms with Crippen LogP contribution in [0.3, 0.4) is 0 Å². The van der Waals surface area contributed by atoms with Gasteiger partial charge in [0.25, 0.3) is 0 Å². The van der Waals surface area contributed by atoms with Crippen LogP contribution in [0.2, 0.25) is 5.02 Å². The van der Waals surface area contributed by atoms with Crippen LogP contribution in [0.5, 0.6) is 0 Å². The zero-order chi connectivity index (χ0) is 26.3. The van der Waals surface area contributed by atoms with Crippen LogP contribution in [-0.2, 0) is 15.9 Å². The molecule has 2 N–H and O–H groups in total. The first-order chi connectivity index (χ1) is 17.8. The van der Waals surface area contributed by atoms with Crippen LogP contribution in [0, 0.1) is 11.6 Å². The van der Waals surface area contributed by atoms with Crippen molar-refractivity contribution in [1.82, 2.24) is 30.0 Å². The Morgan fingerprint density at radius 2 is 1.89 bits per heavy atom. The van der Waals surface area contributed by atoms with Gasteiger partial charge in [-0.05, 0) is 31.4 Å². The second-order valence-corrected chi connectivity index (χ2v) is 9.70. The summed E-state index contributed by atoms with van der Waals surface area (Å²) in [5, 5.41) is 36.7. The lowest BCUT2D eigenvalue weighted by Gasteiger charge is -2.43. The molecule has 10 nitrogen and oxygen atoms in total. The molecule has 2 aliphatic rings. The lowest BCUT2D eigenvalue weighted by Crippen LogP contribution is -2.57. The molecule has 37 heavy (non-hydrogen) atoms. The Hall–Kier alpha value is -2.58. The number of rotatable bonds is 7. The first kappa shape index (κ1) is 26.0. The van der Waals surface area contributed by atoms with Gasteiger partial charge >= 0.3 is 0 Å². The Balaban J connectivity index is 1.42. The molecule has 0 radical (unpaired) electrons.